The van der Waals surface area contributed by atoms with Crippen molar-refractivity contribution >= 4 is 29.4 Å². The average Bonchev–Trinajstić information content (AvgIpc) is 3.24. The van der Waals surface area contributed by atoms with Crippen LogP contribution in [0.2, 0.25) is 5.02 Å². The molecule has 6 rings (SSSR count). The lowest BCUT2D eigenvalue weighted by molar-refractivity contribution is -0.175. The quantitative estimate of drug-likeness (QED) is 0.337. The first-order chi connectivity index (χ1) is 18.1. The van der Waals surface area contributed by atoms with Gasteiger partial charge in [0.05, 0.1) is 18.6 Å². The molecule has 2 saturated heterocycles. The number of aryl methyl sites for hydroxylation is 1. The zero-order chi connectivity index (χ0) is 27.1. The predicted molar refractivity (Wildman–Crippen MR) is 138 cm³/mol. The van der Waals surface area contributed by atoms with E-state index in [2.05, 4.69) is 10.5 Å². The number of benzene rings is 2. The number of carboxylic acid groups (broad SMARTS) is 1. The van der Waals surface area contributed by atoms with E-state index in [9.17, 15) is 14.7 Å². The van der Waals surface area contributed by atoms with Crippen LogP contribution in [0.1, 0.15) is 62.0 Å². The van der Waals surface area contributed by atoms with Crippen molar-refractivity contribution in [2.45, 2.75) is 63.1 Å². The molecular formula is C28H28ClFN2O6. The molecule has 38 heavy (non-hydrogen) atoms. The van der Waals surface area contributed by atoms with Gasteiger partial charge >= 0.3 is 12.1 Å². The van der Waals surface area contributed by atoms with Crippen LogP contribution in [0.15, 0.2) is 47.0 Å². The molecule has 10 heteroatoms. The van der Waals surface area contributed by atoms with E-state index < -0.39 is 35.0 Å². The van der Waals surface area contributed by atoms with E-state index in [1.807, 2.05) is 0 Å². The van der Waals surface area contributed by atoms with E-state index in [0.717, 1.165) is 5.56 Å². The third-order valence-corrected chi connectivity index (χ3v) is 7.98. The molecule has 1 aliphatic carbocycles. The molecule has 0 spiro atoms. The van der Waals surface area contributed by atoms with Crippen molar-refractivity contribution in [3.05, 3.63) is 70.1 Å². The number of carboxylic acids is 1. The first-order valence-corrected chi connectivity index (χ1v) is 12.8. The lowest BCUT2D eigenvalue weighted by Crippen LogP contribution is -2.54. The smallest absolute Gasteiger partial charge is 0.412 e. The zero-order valence-electron chi connectivity index (χ0n) is 21.1. The summed E-state index contributed by atoms with van der Waals surface area (Å²) < 4.78 is 32.5. The molecule has 2 aromatic carbocycles. The van der Waals surface area contributed by atoms with Crippen molar-refractivity contribution in [2.24, 2.45) is 0 Å². The van der Waals surface area contributed by atoms with Gasteiger partial charge in [-0.25, -0.2) is 9.18 Å². The minimum Gasteiger partial charge on any atom is -0.481 e. The van der Waals surface area contributed by atoms with Gasteiger partial charge in [0, 0.05) is 16.0 Å². The Balaban J connectivity index is 1.32. The number of fused-ring (bicyclic) bond motifs is 3. The van der Waals surface area contributed by atoms with Crippen molar-refractivity contribution in [3.8, 4) is 11.3 Å². The number of ether oxygens (including phenoxy) is 2. The van der Waals surface area contributed by atoms with Gasteiger partial charge < -0.3 is 19.1 Å². The number of nitrogens with zero attached hydrogens (tertiary/aromatic N) is 1. The summed E-state index contributed by atoms with van der Waals surface area (Å²) in [7, 11) is 0. The normalized spacial score (nSPS) is 23.2. The third-order valence-electron chi connectivity index (χ3n) is 7.74. The van der Waals surface area contributed by atoms with Gasteiger partial charge in [0.1, 0.15) is 23.3 Å². The summed E-state index contributed by atoms with van der Waals surface area (Å²) in [5.41, 5.74) is 1.23. The number of amides is 1. The molecule has 8 nitrogen and oxygen atoms in total. The first kappa shape index (κ1) is 26.2. The van der Waals surface area contributed by atoms with E-state index in [4.69, 9.17) is 25.6 Å². The Morgan fingerprint density at radius 1 is 1.21 bits per heavy atom. The van der Waals surface area contributed by atoms with Crippen LogP contribution in [0, 0.1) is 12.7 Å². The van der Waals surface area contributed by atoms with Crippen LogP contribution in [-0.4, -0.2) is 34.5 Å². The van der Waals surface area contributed by atoms with E-state index in [-0.39, 0.29) is 24.5 Å². The minimum absolute atomic E-state index is 0.0363. The van der Waals surface area contributed by atoms with Crippen molar-refractivity contribution in [1.29, 1.82) is 0 Å². The van der Waals surface area contributed by atoms with Crippen molar-refractivity contribution in [3.63, 3.8) is 0 Å². The Kier molecular flexibility index (Phi) is 6.92. The molecule has 2 N–H and O–H groups in total. The second-order valence-corrected chi connectivity index (χ2v) is 10.7. The maximum absolute atomic E-state index is 15.5. The Labute approximate surface area is 224 Å². The number of aromatic nitrogens is 1. The van der Waals surface area contributed by atoms with Gasteiger partial charge in [0.15, 0.2) is 5.76 Å². The number of anilines is 1. The highest BCUT2D eigenvalue weighted by Gasteiger charge is 2.52. The molecule has 3 heterocycles. The maximum Gasteiger partial charge on any atom is 0.412 e. The number of rotatable bonds is 7. The highest BCUT2D eigenvalue weighted by molar-refractivity contribution is 6.30. The van der Waals surface area contributed by atoms with E-state index >= 15 is 4.39 Å². The Bertz CT molecular complexity index is 1360. The van der Waals surface area contributed by atoms with Gasteiger partial charge in [-0.2, -0.15) is 0 Å². The van der Waals surface area contributed by atoms with E-state index in [0.29, 0.717) is 47.5 Å². The van der Waals surface area contributed by atoms with Crippen LogP contribution in [0.4, 0.5) is 14.9 Å². The summed E-state index contributed by atoms with van der Waals surface area (Å²) in [5, 5.41) is 16.4. The SMILES string of the molecule is Cc1noc(-c2ccc(C34CCC(CC(=O)O)(CC3)OC4)c(F)c2)c1NC(=O)OC(C)c1cccc(Cl)c1. The lowest BCUT2D eigenvalue weighted by atomic mass is 9.62. The number of carbonyl (C=O) groups is 2. The summed E-state index contributed by atoms with van der Waals surface area (Å²) in [6, 6.07) is 11.8. The minimum atomic E-state index is -0.885. The molecule has 1 aromatic heterocycles. The molecule has 3 fully saturated rings. The molecule has 3 aliphatic rings. The number of halogens is 2. The van der Waals surface area contributed by atoms with Crippen LogP contribution in [0.5, 0.6) is 0 Å². The Hall–Kier alpha value is -3.43. The van der Waals surface area contributed by atoms with Crippen LogP contribution >= 0.6 is 11.6 Å². The lowest BCUT2D eigenvalue weighted by Gasteiger charge is -2.53. The fourth-order valence-electron chi connectivity index (χ4n) is 5.53. The Morgan fingerprint density at radius 3 is 2.61 bits per heavy atom. The molecular weight excluding hydrogens is 515 g/mol. The number of hydrogen-bond acceptors (Lipinski definition) is 6. The molecule has 3 aromatic rings. The summed E-state index contributed by atoms with van der Waals surface area (Å²) in [4.78, 5) is 23.9. The van der Waals surface area contributed by atoms with Crippen LogP contribution in [0.3, 0.4) is 0 Å². The van der Waals surface area contributed by atoms with Crippen LogP contribution in [-0.2, 0) is 19.7 Å². The van der Waals surface area contributed by atoms with Gasteiger partial charge in [0.25, 0.3) is 0 Å². The molecule has 2 aliphatic heterocycles. The maximum atomic E-state index is 15.5. The molecule has 1 atom stereocenters. The van der Waals surface area contributed by atoms with Gasteiger partial charge in [-0.05, 0) is 68.9 Å². The summed E-state index contributed by atoms with van der Waals surface area (Å²) in [6.07, 6.45) is 1.15. The van der Waals surface area contributed by atoms with Crippen molar-refractivity contribution < 1.29 is 33.1 Å². The second kappa shape index (κ2) is 10.0. The standard InChI is InChI=1S/C28H28ClFN2O6/c1-16-24(31-26(35)37-17(2)18-4-3-5-20(29)12-18)25(38-32-16)19-6-7-21(22(30)13-19)27-8-10-28(11-9-27,36-15-27)14-23(33)34/h3-7,12-13,17H,8-11,14-15H2,1-2H3,(H,31,35)(H,33,34). The fraction of sp³-hybridized carbons (Fsp3) is 0.393. The van der Waals surface area contributed by atoms with E-state index in [1.54, 1.807) is 50.2 Å². The van der Waals surface area contributed by atoms with Crippen LogP contribution in [0.25, 0.3) is 11.3 Å². The molecule has 1 unspecified atom stereocenters. The van der Waals surface area contributed by atoms with Crippen LogP contribution < -0.4 is 5.32 Å². The first-order valence-electron chi connectivity index (χ1n) is 12.5. The predicted octanol–water partition coefficient (Wildman–Crippen LogP) is 6.81. The van der Waals surface area contributed by atoms with Crippen molar-refractivity contribution in [1.82, 2.24) is 5.16 Å². The molecule has 200 valence electrons. The third kappa shape index (κ3) is 5.00. The number of aliphatic carboxylic acids is 1. The molecule has 1 amide bonds. The largest absolute Gasteiger partial charge is 0.481 e. The highest BCUT2D eigenvalue weighted by Crippen LogP contribution is 2.52. The summed E-state index contributed by atoms with van der Waals surface area (Å²) in [5.74, 6) is -1.10. The fourth-order valence-corrected chi connectivity index (χ4v) is 5.73. The van der Waals surface area contributed by atoms with E-state index in [1.165, 1.54) is 6.07 Å². The second-order valence-electron chi connectivity index (χ2n) is 10.2. The number of hydrogen-bond donors (Lipinski definition) is 2. The molecule has 2 bridgehead atoms. The number of carbonyl (C=O) groups excluding carboxylic acids is 1. The van der Waals surface area contributed by atoms with Gasteiger partial charge in [0.2, 0.25) is 0 Å². The van der Waals surface area contributed by atoms with Gasteiger partial charge in [-0.3, -0.25) is 10.1 Å². The number of nitrogens with one attached hydrogen (secondary N) is 1. The monoisotopic (exact) mass is 542 g/mol. The van der Waals surface area contributed by atoms with Gasteiger partial charge in [-0.15, -0.1) is 0 Å². The Morgan fingerprint density at radius 2 is 1.97 bits per heavy atom. The van der Waals surface area contributed by atoms with Crippen molar-refractivity contribution in [2.75, 3.05) is 11.9 Å². The highest BCUT2D eigenvalue weighted by atomic mass is 35.5. The zero-order valence-corrected chi connectivity index (χ0v) is 21.8. The topological polar surface area (TPSA) is 111 Å². The summed E-state index contributed by atoms with van der Waals surface area (Å²) in [6.45, 7) is 3.67. The average molecular weight is 543 g/mol. The molecule has 0 radical (unpaired) electrons. The van der Waals surface area contributed by atoms with Gasteiger partial charge in [-0.1, -0.05) is 41.0 Å². The molecule has 1 saturated carbocycles. The summed E-state index contributed by atoms with van der Waals surface area (Å²) >= 11 is 6.03.